The van der Waals surface area contributed by atoms with E-state index in [1.807, 2.05) is 0 Å². The van der Waals surface area contributed by atoms with E-state index >= 15 is 0 Å². The third-order valence-corrected chi connectivity index (χ3v) is 11.0. The van der Waals surface area contributed by atoms with Crippen molar-refractivity contribution in [2.75, 3.05) is 31.5 Å². The number of pyridine rings is 1. The van der Waals surface area contributed by atoms with Crippen molar-refractivity contribution < 1.29 is 13.5 Å². The highest BCUT2D eigenvalue weighted by Crippen LogP contribution is 2.41. The van der Waals surface area contributed by atoms with Gasteiger partial charge in [0, 0.05) is 36.4 Å². The lowest BCUT2D eigenvalue weighted by Crippen LogP contribution is -2.47. The number of hydrogen-bond donors (Lipinski definition) is 3. The molecule has 3 aliphatic rings. The highest BCUT2D eigenvalue weighted by Gasteiger charge is 2.40. The molecule has 208 valence electrons. The summed E-state index contributed by atoms with van der Waals surface area (Å²) in [5.41, 5.74) is 0.184. The Hall–Kier alpha value is -2.86. The number of rotatable bonds is 5. The molecule has 0 unspecified atom stereocenters. The lowest BCUT2D eigenvalue weighted by atomic mass is 9.72. The molecule has 11 heteroatoms. The summed E-state index contributed by atoms with van der Waals surface area (Å²) < 4.78 is 29.9. The van der Waals surface area contributed by atoms with Crippen LogP contribution in [0.3, 0.4) is 0 Å². The maximum atomic E-state index is 13.3. The van der Waals surface area contributed by atoms with E-state index in [4.69, 9.17) is 0 Å². The third kappa shape index (κ3) is 4.97. The van der Waals surface area contributed by atoms with Gasteiger partial charge < -0.3 is 15.7 Å². The Balaban J connectivity index is 1.20. The Bertz CT molecular complexity index is 1520. The quantitative estimate of drug-likeness (QED) is 0.440. The van der Waals surface area contributed by atoms with Gasteiger partial charge in [-0.3, -0.25) is 9.36 Å². The Labute approximate surface area is 228 Å². The van der Waals surface area contributed by atoms with Crippen molar-refractivity contribution in [1.82, 2.24) is 24.2 Å². The van der Waals surface area contributed by atoms with Gasteiger partial charge >= 0.3 is 0 Å². The number of anilines is 2. The zero-order valence-electron chi connectivity index (χ0n) is 22.3. The van der Waals surface area contributed by atoms with Gasteiger partial charge in [-0.05, 0) is 101 Å². The summed E-state index contributed by atoms with van der Waals surface area (Å²) in [7, 11) is -3.57. The Kier molecular flexibility index (Phi) is 6.73. The van der Waals surface area contributed by atoms with Crippen LogP contribution in [-0.2, 0) is 10.0 Å². The van der Waals surface area contributed by atoms with E-state index in [2.05, 4.69) is 20.6 Å². The Morgan fingerprint density at radius 1 is 1.03 bits per heavy atom. The second-order valence-electron chi connectivity index (χ2n) is 11.6. The highest BCUT2D eigenvalue weighted by molar-refractivity contribution is 7.89. The van der Waals surface area contributed by atoms with E-state index in [-0.39, 0.29) is 21.9 Å². The predicted molar refractivity (Wildman–Crippen MR) is 150 cm³/mol. The van der Waals surface area contributed by atoms with Crippen molar-refractivity contribution >= 4 is 32.7 Å². The molecule has 0 bridgehead atoms. The molecule has 4 heterocycles. The average molecular weight is 553 g/mol. The number of sulfonamides is 1. The average Bonchev–Trinajstić information content (AvgIpc) is 3.28. The maximum absolute atomic E-state index is 13.3. The number of fused-ring (bicyclic) bond motifs is 1. The molecule has 3 N–H and O–H groups in total. The molecule has 3 aromatic rings. The molecular formula is C28H36N6O4S. The molecule has 3 fully saturated rings. The smallest absolute Gasteiger partial charge is 0.252 e. The number of hydrogen-bond acceptors (Lipinski definition) is 8. The van der Waals surface area contributed by atoms with Crippen LogP contribution in [0.5, 0.6) is 0 Å². The topological polar surface area (TPSA) is 129 Å². The van der Waals surface area contributed by atoms with Crippen LogP contribution in [-0.4, -0.2) is 64.1 Å². The first-order chi connectivity index (χ1) is 18.7. The van der Waals surface area contributed by atoms with Crippen LogP contribution in [0.4, 0.5) is 11.6 Å². The first-order valence-corrected chi connectivity index (χ1v) is 15.3. The molecule has 2 atom stereocenters. The number of aliphatic hydroxyl groups is 1. The van der Waals surface area contributed by atoms with Crippen LogP contribution in [0, 0.1) is 5.41 Å². The normalized spacial score (nSPS) is 25.7. The minimum Gasteiger partial charge on any atom is -0.388 e. The minimum absolute atomic E-state index is 0.210. The van der Waals surface area contributed by atoms with Crippen LogP contribution >= 0.6 is 0 Å². The van der Waals surface area contributed by atoms with Crippen LogP contribution in [0.1, 0.15) is 57.9 Å². The van der Waals surface area contributed by atoms with Gasteiger partial charge in [0.15, 0.2) is 0 Å². The maximum Gasteiger partial charge on any atom is 0.252 e. The summed E-state index contributed by atoms with van der Waals surface area (Å²) >= 11 is 0. The summed E-state index contributed by atoms with van der Waals surface area (Å²) in [4.78, 5) is 22.1. The summed E-state index contributed by atoms with van der Waals surface area (Å²) in [6.07, 6.45) is 7.87. The molecular weight excluding hydrogens is 516 g/mol. The van der Waals surface area contributed by atoms with Gasteiger partial charge in [0.05, 0.1) is 16.5 Å². The standard InChI is InChI=1S/C28H36N6O4S/c1-27(36)10-2-3-23(27)34-24(35)9-4-20-19-30-26(32-25(20)34)31-21-5-7-22(8-6-21)39(37,38)33-17-13-28(14-18-33)11-15-29-16-12-28/h4-9,19,23,29,36H,2-3,10-18H2,1H3,(H,30,31,32)/t23-,27+/m0/s1. The molecule has 0 amide bonds. The molecule has 39 heavy (non-hydrogen) atoms. The number of nitrogens with one attached hydrogen (secondary N) is 2. The highest BCUT2D eigenvalue weighted by atomic mass is 32.2. The molecule has 2 aliphatic heterocycles. The fourth-order valence-electron chi connectivity index (χ4n) is 6.58. The summed E-state index contributed by atoms with van der Waals surface area (Å²) in [5.74, 6) is 0.290. The van der Waals surface area contributed by atoms with Crippen LogP contribution in [0.15, 0.2) is 52.3 Å². The zero-order chi connectivity index (χ0) is 27.3. The second-order valence-corrected chi connectivity index (χ2v) is 13.5. The molecule has 2 aromatic heterocycles. The van der Waals surface area contributed by atoms with Crippen molar-refractivity contribution in [1.29, 1.82) is 0 Å². The first kappa shape index (κ1) is 26.4. The molecule has 1 saturated carbocycles. The Morgan fingerprint density at radius 2 is 1.74 bits per heavy atom. The molecule has 2 saturated heterocycles. The van der Waals surface area contributed by atoms with Crippen molar-refractivity contribution in [3.8, 4) is 0 Å². The fraction of sp³-hybridized carbons (Fsp3) is 0.536. The van der Waals surface area contributed by atoms with Crippen LogP contribution < -0.4 is 16.2 Å². The van der Waals surface area contributed by atoms with Gasteiger partial charge in [0.1, 0.15) is 5.65 Å². The summed E-state index contributed by atoms with van der Waals surface area (Å²) in [6.45, 7) is 4.91. The SMILES string of the molecule is C[C@@]1(O)CCC[C@@H]1n1c(=O)ccc2cnc(Nc3ccc(S(=O)(=O)N4CCC5(CCNCC5)CC4)cc3)nc21. The number of aromatic nitrogens is 3. The van der Waals surface area contributed by atoms with Gasteiger partial charge in [-0.15, -0.1) is 0 Å². The van der Waals surface area contributed by atoms with Gasteiger partial charge in [-0.1, -0.05) is 0 Å². The second kappa shape index (κ2) is 9.96. The largest absolute Gasteiger partial charge is 0.388 e. The van der Waals surface area contributed by atoms with Crippen molar-refractivity contribution in [2.45, 2.75) is 68.4 Å². The van der Waals surface area contributed by atoms with Crippen LogP contribution in [0.2, 0.25) is 0 Å². The lowest BCUT2D eigenvalue weighted by Gasteiger charge is -2.43. The van der Waals surface area contributed by atoms with Crippen molar-refractivity contribution in [3.05, 3.63) is 52.9 Å². The number of nitrogens with zero attached hydrogens (tertiary/aromatic N) is 4. The number of benzene rings is 1. The fourth-order valence-corrected chi connectivity index (χ4v) is 8.03. The van der Waals surface area contributed by atoms with Gasteiger partial charge in [-0.25, -0.2) is 13.4 Å². The number of piperidine rings is 2. The summed E-state index contributed by atoms with van der Waals surface area (Å²) in [5, 5.41) is 18.1. The zero-order valence-corrected chi connectivity index (χ0v) is 23.1. The van der Waals surface area contributed by atoms with E-state index in [0.29, 0.717) is 48.6 Å². The van der Waals surface area contributed by atoms with E-state index in [9.17, 15) is 18.3 Å². The van der Waals surface area contributed by atoms with E-state index < -0.39 is 15.6 Å². The monoisotopic (exact) mass is 552 g/mol. The molecule has 1 aromatic carbocycles. The van der Waals surface area contributed by atoms with Gasteiger partial charge in [-0.2, -0.15) is 9.29 Å². The van der Waals surface area contributed by atoms with Gasteiger partial charge in [0.25, 0.3) is 5.56 Å². The first-order valence-electron chi connectivity index (χ1n) is 13.9. The minimum atomic E-state index is -3.57. The van der Waals surface area contributed by atoms with Gasteiger partial charge in [0.2, 0.25) is 16.0 Å². The Morgan fingerprint density at radius 3 is 2.41 bits per heavy atom. The predicted octanol–water partition coefficient (Wildman–Crippen LogP) is 3.17. The summed E-state index contributed by atoms with van der Waals surface area (Å²) in [6, 6.07) is 9.45. The molecule has 1 spiro atoms. The molecule has 0 radical (unpaired) electrons. The van der Waals surface area contributed by atoms with E-state index in [1.165, 1.54) is 6.07 Å². The lowest BCUT2D eigenvalue weighted by molar-refractivity contribution is 0.0267. The van der Waals surface area contributed by atoms with E-state index in [1.54, 1.807) is 52.3 Å². The molecule has 6 rings (SSSR count). The van der Waals surface area contributed by atoms with E-state index in [0.717, 1.165) is 45.2 Å². The molecule has 10 nitrogen and oxygen atoms in total. The van der Waals surface area contributed by atoms with Crippen molar-refractivity contribution in [2.24, 2.45) is 5.41 Å². The molecule has 1 aliphatic carbocycles. The van der Waals surface area contributed by atoms with Crippen molar-refractivity contribution in [3.63, 3.8) is 0 Å². The third-order valence-electron chi connectivity index (χ3n) is 9.05. The van der Waals surface area contributed by atoms with Crippen LogP contribution in [0.25, 0.3) is 11.0 Å².